The van der Waals surface area contributed by atoms with E-state index in [1.54, 1.807) is 12.4 Å². The Balaban J connectivity index is 1.39. The molecular weight excluding hydrogens is 380 g/mol. The van der Waals surface area contributed by atoms with E-state index in [0.717, 1.165) is 40.8 Å². The van der Waals surface area contributed by atoms with Gasteiger partial charge in [-0.2, -0.15) is 0 Å². The Labute approximate surface area is 174 Å². The van der Waals surface area contributed by atoms with E-state index in [1.165, 1.54) is 0 Å². The topological polar surface area (TPSA) is 101 Å². The van der Waals surface area contributed by atoms with Crippen LogP contribution >= 0.6 is 0 Å². The highest BCUT2D eigenvalue weighted by Gasteiger charge is 2.26. The van der Waals surface area contributed by atoms with Gasteiger partial charge < -0.3 is 20.7 Å². The highest BCUT2D eigenvalue weighted by Crippen LogP contribution is 2.35. The van der Waals surface area contributed by atoms with Crippen LogP contribution in [0.5, 0.6) is 5.88 Å². The van der Waals surface area contributed by atoms with Crippen molar-refractivity contribution >= 4 is 23.2 Å². The minimum Gasteiger partial charge on any atom is -0.473 e. The number of anilines is 3. The summed E-state index contributed by atoms with van der Waals surface area (Å²) in [6, 6.07) is 5.94. The summed E-state index contributed by atoms with van der Waals surface area (Å²) in [5.74, 6) is 1.78. The molecule has 152 valence electrons. The number of fused-ring (bicyclic) bond motifs is 1. The third kappa shape index (κ3) is 3.41. The zero-order valence-corrected chi connectivity index (χ0v) is 16.8. The molecule has 0 saturated heterocycles. The van der Waals surface area contributed by atoms with Gasteiger partial charge in [0.15, 0.2) is 0 Å². The van der Waals surface area contributed by atoms with Crippen LogP contribution in [0, 0.1) is 6.92 Å². The molecular formula is C22H22N6O2. The molecule has 8 nitrogen and oxygen atoms in total. The van der Waals surface area contributed by atoms with Crippen LogP contribution in [0.4, 0.5) is 17.3 Å². The third-order valence-corrected chi connectivity index (χ3v) is 5.33. The van der Waals surface area contributed by atoms with Gasteiger partial charge in [-0.3, -0.25) is 4.79 Å². The van der Waals surface area contributed by atoms with Gasteiger partial charge in [0.2, 0.25) is 5.88 Å². The molecule has 1 amide bonds. The van der Waals surface area contributed by atoms with E-state index in [0.29, 0.717) is 35.7 Å². The first kappa shape index (κ1) is 18.4. The van der Waals surface area contributed by atoms with E-state index in [1.807, 2.05) is 38.4 Å². The molecule has 1 fully saturated rings. The van der Waals surface area contributed by atoms with E-state index in [2.05, 4.69) is 30.9 Å². The molecule has 1 aromatic carbocycles. The number of amides is 1. The maximum Gasteiger partial charge on any atom is 0.254 e. The molecule has 30 heavy (non-hydrogen) atoms. The summed E-state index contributed by atoms with van der Waals surface area (Å²) >= 11 is 0. The number of hydrogen-bond acceptors (Lipinski definition) is 7. The Morgan fingerprint density at radius 1 is 1.07 bits per heavy atom. The number of nitrogens with one attached hydrogen (secondary N) is 3. The van der Waals surface area contributed by atoms with Gasteiger partial charge >= 0.3 is 0 Å². The molecule has 0 atom stereocenters. The first-order valence-electron chi connectivity index (χ1n) is 9.97. The monoisotopic (exact) mass is 402 g/mol. The Kier molecular flexibility index (Phi) is 4.46. The normalized spacial score (nSPS) is 14.8. The molecule has 0 bridgehead atoms. The first-order valence-corrected chi connectivity index (χ1v) is 9.97. The van der Waals surface area contributed by atoms with Crippen LogP contribution < -0.4 is 20.7 Å². The number of carbonyl (C=O) groups is 1. The molecule has 1 aliphatic carbocycles. The van der Waals surface area contributed by atoms with Gasteiger partial charge in [-0.1, -0.05) is 6.07 Å². The molecule has 3 N–H and O–H groups in total. The van der Waals surface area contributed by atoms with Crippen molar-refractivity contribution < 1.29 is 9.53 Å². The lowest BCUT2D eigenvalue weighted by molar-refractivity contribution is 0.0966. The predicted octanol–water partition coefficient (Wildman–Crippen LogP) is 3.42. The Morgan fingerprint density at radius 2 is 1.90 bits per heavy atom. The van der Waals surface area contributed by atoms with Gasteiger partial charge in [-0.05, 0) is 48.6 Å². The van der Waals surface area contributed by atoms with Crippen LogP contribution in [0.3, 0.4) is 0 Å². The second kappa shape index (κ2) is 7.29. The molecule has 1 aliphatic heterocycles. The molecule has 3 heterocycles. The summed E-state index contributed by atoms with van der Waals surface area (Å²) in [6.45, 7) is 2.55. The summed E-state index contributed by atoms with van der Waals surface area (Å²) in [5.41, 5.74) is 5.60. The first-order chi connectivity index (χ1) is 14.6. The van der Waals surface area contributed by atoms with Gasteiger partial charge in [0.25, 0.3) is 5.91 Å². The summed E-state index contributed by atoms with van der Waals surface area (Å²) in [7, 11) is 1.82. The smallest absolute Gasteiger partial charge is 0.254 e. The van der Waals surface area contributed by atoms with E-state index >= 15 is 0 Å². The summed E-state index contributed by atoms with van der Waals surface area (Å²) in [6.07, 6.45) is 7.56. The van der Waals surface area contributed by atoms with Gasteiger partial charge in [-0.25, -0.2) is 15.0 Å². The van der Waals surface area contributed by atoms with Crippen LogP contribution in [0.25, 0.3) is 11.1 Å². The van der Waals surface area contributed by atoms with Gasteiger partial charge in [0.05, 0.1) is 18.0 Å². The molecule has 8 heteroatoms. The minimum absolute atomic E-state index is 0.0483. The second-order valence-corrected chi connectivity index (χ2v) is 7.51. The van der Waals surface area contributed by atoms with Crippen molar-refractivity contribution in [1.29, 1.82) is 0 Å². The van der Waals surface area contributed by atoms with Crippen molar-refractivity contribution in [2.45, 2.75) is 32.4 Å². The molecule has 0 radical (unpaired) electrons. The maximum absolute atomic E-state index is 12.3. The van der Waals surface area contributed by atoms with Gasteiger partial charge in [-0.15, -0.1) is 0 Å². The zero-order chi connectivity index (χ0) is 20.7. The average Bonchev–Trinajstić information content (AvgIpc) is 3.49. The largest absolute Gasteiger partial charge is 0.473 e. The Hall–Kier alpha value is -3.68. The Morgan fingerprint density at radius 3 is 2.60 bits per heavy atom. The van der Waals surface area contributed by atoms with Crippen LogP contribution in [-0.2, 0) is 6.54 Å². The van der Waals surface area contributed by atoms with E-state index in [-0.39, 0.29) is 5.91 Å². The quantitative estimate of drug-likeness (QED) is 0.581. The highest BCUT2D eigenvalue weighted by molar-refractivity contribution is 6.05. The number of pyridine rings is 1. The molecule has 3 aromatic rings. The average molecular weight is 402 g/mol. The Bertz CT molecular complexity index is 1130. The number of benzene rings is 1. The lowest BCUT2D eigenvalue weighted by Gasteiger charge is -2.14. The van der Waals surface area contributed by atoms with E-state index in [4.69, 9.17) is 4.74 Å². The van der Waals surface area contributed by atoms with Gasteiger partial charge in [0.1, 0.15) is 17.7 Å². The molecule has 0 spiro atoms. The second-order valence-electron chi connectivity index (χ2n) is 7.51. The number of ether oxygens (including phenoxy) is 1. The zero-order valence-electron chi connectivity index (χ0n) is 16.8. The lowest BCUT2D eigenvalue weighted by atomic mass is 9.94. The molecule has 2 aliphatic rings. The fourth-order valence-corrected chi connectivity index (χ4v) is 3.64. The summed E-state index contributed by atoms with van der Waals surface area (Å²) < 4.78 is 5.62. The van der Waals surface area contributed by atoms with Crippen molar-refractivity contribution in [3.8, 4) is 17.0 Å². The third-order valence-electron chi connectivity index (χ3n) is 5.33. The number of aryl methyl sites for hydroxylation is 1. The number of hydrogen-bond donors (Lipinski definition) is 3. The number of aromatic nitrogens is 3. The van der Waals surface area contributed by atoms with E-state index < -0.39 is 0 Å². The molecule has 1 saturated carbocycles. The molecule has 2 aromatic heterocycles. The molecule has 0 unspecified atom stereocenters. The van der Waals surface area contributed by atoms with Crippen molar-refractivity contribution in [1.82, 2.24) is 20.3 Å². The highest BCUT2D eigenvalue weighted by atomic mass is 16.5. The standard InChI is InChI=1S/C22H22N6O2/c1-12-7-18(28-19-10-26-20(11-25-19)30-13-3-4-13)24-8-15(12)14-5-6-17(23-2)21-16(14)9-27-22(21)29/h5-8,10-11,13,23H,3-4,9H2,1-2H3,(H,27,29)(H,24,25,28). The van der Waals surface area contributed by atoms with Crippen molar-refractivity contribution in [2.24, 2.45) is 0 Å². The van der Waals surface area contributed by atoms with Crippen molar-refractivity contribution in [3.05, 3.63) is 53.5 Å². The lowest BCUT2D eigenvalue weighted by Crippen LogP contribution is -2.13. The molecule has 5 rings (SSSR count). The number of nitrogens with zero attached hydrogens (tertiary/aromatic N) is 3. The fraction of sp³-hybridized carbons (Fsp3) is 0.273. The van der Waals surface area contributed by atoms with Crippen LogP contribution in [-0.4, -0.2) is 34.0 Å². The predicted molar refractivity (Wildman–Crippen MR) is 114 cm³/mol. The maximum atomic E-state index is 12.3. The number of carbonyl (C=O) groups excluding carboxylic acids is 1. The van der Waals surface area contributed by atoms with E-state index in [9.17, 15) is 4.79 Å². The van der Waals surface area contributed by atoms with Crippen molar-refractivity contribution in [3.63, 3.8) is 0 Å². The van der Waals surface area contributed by atoms with Crippen LogP contribution in [0.1, 0.15) is 34.3 Å². The minimum atomic E-state index is -0.0483. The van der Waals surface area contributed by atoms with Crippen molar-refractivity contribution in [2.75, 3.05) is 17.7 Å². The fourth-order valence-electron chi connectivity index (χ4n) is 3.64. The van der Waals surface area contributed by atoms with Crippen LogP contribution in [0.2, 0.25) is 0 Å². The summed E-state index contributed by atoms with van der Waals surface area (Å²) in [4.78, 5) is 25.4. The SMILES string of the molecule is CNc1ccc(-c2cnc(Nc3cnc(OC4CC4)cn3)cc2C)c2c1C(=O)NC2. The van der Waals surface area contributed by atoms with Crippen LogP contribution in [0.15, 0.2) is 36.8 Å². The van der Waals surface area contributed by atoms with Gasteiger partial charge in [0, 0.05) is 31.0 Å². The summed E-state index contributed by atoms with van der Waals surface area (Å²) in [5, 5.41) is 9.19. The number of rotatable bonds is 6.